The minimum atomic E-state index is 0.338. The maximum atomic E-state index is 12.4. The third-order valence-electron chi connectivity index (χ3n) is 6.11. The van der Waals surface area contributed by atoms with Crippen molar-refractivity contribution >= 4 is 5.91 Å². The molecule has 3 fully saturated rings. The van der Waals surface area contributed by atoms with Gasteiger partial charge in [0.1, 0.15) is 12.4 Å². The Bertz CT molecular complexity index is 587. The van der Waals surface area contributed by atoms with Gasteiger partial charge in [-0.1, -0.05) is 18.2 Å². The van der Waals surface area contributed by atoms with E-state index in [2.05, 4.69) is 9.80 Å². The van der Waals surface area contributed by atoms with Crippen LogP contribution in [0.4, 0.5) is 0 Å². The SMILES string of the molecule is O=C(CC1CC1)N1CC[C@@]2(CCCN(CCOc3ccccc3)C2)C1. The van der Waals surface area contributed by atoms with Gasteiger partial charge in [0.15, 0.2) is 0 Å². The van der Waals surface area contributed by atoms with Crippen LogP contribution < -0.4 is 4.74 Å². The number of nitrogens with zero attached hydrogens (tertiary/aromatic N) is 2. The standard InChI is InChI=1S/C21H30N2O2/c24-20(15-18-7-8-18)23-12-10-21(17-23)9-4-11-22(16-21)13-14-25-19-5-2-1-3-6-19/h1-3,5-6,18H,4,7-17H2/t21-/m1/s1. The van der Waals surface area contributed by atoms with Crippen LogP contribution in [0, 0.1) is 11.3 Å². The van der Waals surface area contributed by atoms with E-state index < -0.39 is 0 Å². The average molecular weight is 342 g/mol. The van der Waals surface area contributed by atoms with Crippen LogP contribution in [0.3, 0.4) is 0 Å². The minimum absolute atomic E-state index is 0.338. The summed E-state index contributed by atoms with van der Waals surface area (Å²) < 4.78 is 5.86. The number of hydrogen-bond acceptors (Lipinski definition) is 3. The summed E-state index contributed by atoms with van der Waals surface area (Å²) in [6.45, 7) is 5.96. The number of piperidine rings is 1. The van der Waals surface area contributed by atoms with E-state index >= 15 is 0 Å². The Labute approximate surface area is 151 Å². The lowest BCUT2D eigenvalue weighted by Gasteiger charge is -2.40. The van der Waals surface area contributed by atoms with Gasteiger partial charge in [-0.2, -0.15) is 0 Å². The summed E-state index contributed by atoms with van der Waals surface area (Å²) in [7, 11) is 0. The zero-order chi connectivity index (χ0) is 17.1. The molecule has 1 aromatic carbocycles. The molecule has 4 nitrogen and oxygen atoms in total. The van der Waals surface area contributed by atoms with Gasteiger partial charge in [-0.05, 0) is 56.7 Å². The van der Waals surface area contributed by atoms with Crippen molar-refractivity contribution in [3.8, 4) is 5.75 Å². The average Bonchev–Trinajstić information content (AvgIpc) is 3.35. The van der Waals surface area contributed by atoms with Crippen LogP contribution in [0.25, 0.3) is 0 Å². The molecule has 2 aliphatic heterocycles. The molecule has 1 spiro atoms. The zero-order valence-corrected chi connectivity index (χ0v) is 15.2. The summed E-state index contributed by atoms with van der Waals surface area (Å²) in [4.78, 5) is 17.1. The van der Waals surface area contributed by atoms with E-state index in [1.54, 1.807) is 0 Å². The number of likely N-dealkylation sites (tertiary alicyclic amines) is 2. The molecule has 1 atom stereocenters. The summed E-state index contributed by atoms with van der Waals surface area (Å²) in [5, 5.41) is 0. The Morgan fingerprint density at radius 2 is 1.96 bits per heavy atom. The lowest BCUT2D eigenvalue weighted by atomic mass is 9.79. The fourth-order valence-electron chi connectivity index (χ4n) is 4.49. The molecular weight excluding hydrogens is 312 g/mol. The van der Waals surface area contributed by atoms with E-state index in [9.17, 15) is 4.79 Å². The number of ether oxygens (including phenoxy) is 1. The summed E-state index contributed by atoms with van der Waals surface area (Å²) in [5.74, 6) is 2.05. The van der Waals surface area contributed by atoms with Crippen LogP contribution in [0.2, 0.25) is 0 Å². The number of rotatable bonds is 6. The van der Waals surface area contributed by atoms with Gasteiger partial charge in [-0.15, -0.1) is 0 Å². The van der Waals surface area contributed by atoms with E-state index in [1.807, 2.05) is 30.3 Å². The summed E-state index contributed by atoms with van der Waals surface area (Å²) >= 11 is 0. The summed E-state index contributed by atoms with van der Waals surface area (Å²) in [6, 6.07) is 10.1. The molecule has 0 unspecified atom stereocenters. The molecule has 1 amide bonds. The molecular formula is C21H30N2O2. The second kappa shape index (κ2) is 7.36. The van der Waals surface area contributed by atoms with Crippen LogP contribution >= 0.6 is 0 Å². The number of carbonyl (C=O) groups excluding carboxylic acids is 1. The Morgan fingerprint density at radius 1 is 1.12 bits per heavy atom. The smallest absolute Gasteiger partial charge is 0.222 e. The predicted octanol–water partition coefficient (Wildman–Crippen LogP) is 3.18. The Morgan fingerprint density at radius 3 is 2.76 bits per heavy atom. The molecule has 1 aromatic rings. The largest absolute Gasteiger partial charge is 0.492 e. The van der Waals surface area contributed by atoms with Gasteiger partial charge in [-0.25, -0.2) is 0 Å². The monoisotopic (exact) mass is 342 g/mol. The molecule has 2 heterocycles. The molecule has 0 bridgehead atoms. The van der Waals surface area contributed by atoms with Crippen molar-refractivity contribution in [3.05, 3.63) is 30.3 Å². The van der Waals surface area contributed by atoms with Gasteiger partial charge >= 0.3 is 0 Å². The maximum Gasteiger partial charge on any atom is 0.222 e. The molecule has 0 radical (unpaired) electrons. The van der Waals surface area contributed by atoms with Gasteiger partial charge < -0.3 is 9.64 Å². The predicted molar refractivity (Wildman–Crippen MR) is 98.6 cm³/mol. The number of para-hydroxylation sites is 1. The van der Waals surface area contributed by atoms with Crippen molar-refractivity contribution in [2.75, 3.05) is 39.3 Å². The van der Waals surface area contributed by atoms with E-state index in [-0.39, 0.29) is 0 Å². The second-order valence-corrected chi connectivity index (χ2v) is 8.25. The molecule has 3 aliphatic rings. The van der Waals surface area contributed by atoms with Gasteiger partial charge in [0, 0.05) is 38.0 Å². The fraction of sp³-hybridized carbons (Fsp3) is 0.667. The number of hydrogen-bond donors (Lipinski definition) is 0. The van der Waals surface area contributed by atoms with Crippen molar-refractivity contribution in [1.29, 1.82) is 0 Å². The summed E-state index contributed by atoms with van der Waals surface area (Å²) in [5.41, 5.74) is 0.338. The van der Waals surface area contributed by atoms with Gasteiger partial charge in [0.25, 0.3) is 0 Å². The molecule has 25 heavy (non-hydrogen) atoms. The number of benzene rings is 1. The lowest BCUT2D eigenvalue weighted by molar-refractivity contribution is -0.131. The normalized spacial score (nSPS) is 27.0. The quantitative estimate of drug-likeness (QED) is 0.796. The number of amides is 1. The molecule has 1 saturated carbocycles. The highest BCUT2D eigenvalue weighted by Gasteiger charge is 2.43. The molecule has 4 heteroatoms. The molecule has 0 N–H and O–H groups in total. The summed E-state index contributed by atoms with van der Waals surface area (Å²) in [6.07, 6.45) is 7.02. The lowest BCUT2D eigenvalue weighted by Crippen LogP contribution is -2.46. The molecule has 2 saturated heterocycles. The van der Waals surface area contributed by atoms with Crippen LogP contribution in [0.15, 0.2) is 30.3 Å². The van der Waals surface area contributed by atoms with E-state index in [1.165, 1.54) is 32.1 Å². The third kappa shape index (κ3) is 4.35. The van der Waals surface area contributed by atoms with E-state index in [0.29, 0.717) is 17.2 Å². The van der Waals surface area contributed by atoms with Crippen molar-refractivity contribution in [1.82, 2.24) is 9.80 Å². The first-order valence-corrected chi connectivity index (χ1v) is 9.90. The highest BCUT2D eigenvalue weighted by atomic mass is 16.5. The topological polar surface area (TPSA) is 32.8 Å². The first-order valence-electron chi connectivity index (χ1n) is 9.90. The molecule has 1 aliphatic carbocycles. The van der Waals surface area contributed by atoms with Crippen LogP contribution in [-0.4, -0.2) is 55.0 Å². The van der Waals surface area contributed by atoms with Gasteiger partial charge in [-0.3, -0.25) is 9.69 Å². The van der Waals surface area contributed by atoms with Crippen molar-refractivity contribution in [3.63, 3.8) is 0 Å². The third-order valence-corrected chi connectivity index (χ3v) is 6.11. The van der Waals surface area contributed by atoms with E-state index in [4.69, 9.17) is 4.74 Å². The van der Waals surface area contributed by atoms with E-state index in [0.717, 1.165) is 51.5 Å². The first kappa shape index (κ1) is 16.9. The zero-order valence-electron chi connectivity index (χ0n) is 15.2. The van der Waals surface area contributed by atoms with Crippen LogP contribution in [0.1, 0.15) is 38.5 Å². The van der Waals surface area contributed by atoms with Crippen molar-refractivity contribution in [2.24, 2.45) is 11.3 Å². The van der Waals surface area contributed by atoms with Crippen LogP contribution in [-0.2, 0) is 4.79 Å². The second-order valence-electron chi connectivity index (χ2n) is 8.25. The first-order chi connectivity index (χ1) is 12.2. The minimum Gasteiger partial charge on any atom is -0.492 e. The molecule has 0 aromatic heterocycles. The fourth-order valence-corrected chi connectivity index (χ4v) is 4.49. The Balaban J connectivity index is 1.25. The van der Waals surface area contributed by atoms with Crippen molar-refractivity contribution in [2.45, 2.75) is 38.5 Å². The van der Waals surface area contributed by atoms with Crippen molar-refractivity contribution < 1.29 is 9.53 Å². The van der Waals surface area contributed by atoms with Crippen LogP contribution in [0.5, 0.6) is 5.75 Å². The highest BCUT2D eigenvalue weighted by molar-refractivity contribution is 5.77. The molecule has 4 rings (SSSR count). The Kier molecular flexibility index (Phi) is 4.98. The van der Waals surface area contributed by atoms with Gasteiger partial charge in [0.05, 0.1) is 0 Å². The Hall–Kier alpha value is -1.55. The maximum absolute atomic E-state index is 12.4. The van der Waals surface area contributed by atoms with Gasteiger partial charge in [0.2, 0.25) is 5.91 Å². The molecule has 136 valence electrons. The number of carbonyl (C=O) groups is 1. The highest BCUT2D eigenvalue weighted by Crippen LogP contribution is 2.40.